The Bertz CT molecular complexity index is 1160. The fourth-order valence-electron chi connectivity index (χ4n) is 3.86. The van der Waals surface area contributed by atoms with E-state index in [-0.39, 0.29) is 17.6 Å². The molecule has 2 aromatic carbocycles. The summed E-state index contributed by atoms with van der Waals surface area (Å²) in [4.78, 5) is 26.3. The number of nitrogens with one attached hydrogen (secondary N) is 2. The molecule has 0 radical (unpaired) electrons. The molecular weight excluding hydrogens is 404 g/mol. The van der Waals surface area contributed by atoms with Crippen LogP contribution >= 0.6 is 0 Å². The lowest BCUT2D eigenvalue weighted by molar-refractivity contribution is -0.119. The Morgan fingerprint density at radius 2 is 1.78 bits per heavy atom. The minimum absolute atomic E-state index is 0.106. The van der Waals surface area contributed by atoms with Crippen molar-refractivity contribution in [2.24, 2.45) is 0 Å². The quantitative estimate of drug-likeness (QED) is 0.571. The Balaban J connectivity index is 1.61. The summed E-state index contributed by atoms with van der Waals surface area (Å²) in [6.07, 6.45) is 3.64. The number of carbonyl (C=O) groups excluding carboxylic acids is 2. The van der Waals surface area contributed by atoms with Gasteiger partial charge >= 0.3 is 0 Å². The Hall–Kier alpha value is -3.80. The fourth-order valence-corrected chi connectivity index (χ4v) is 3.86. The molecule has 1 unspecified atom stereocenters. The molecule has 0 fully saturated rings. The third-order valence-electron chi connectivity index (χ3n) is 5.39. The number of para-hydroxylation sites is 1. The molecular formula is C26H26N2O4. The first kappa shape index (κ1) is 21.4. The maximum atomic E-state index is 13.3. The summed E-state index contributed by atoms with van der Waals surface area (Å²) < 4.78 is 11.4. The highest BCUT2D eigenvalue weighted by molar-refractivity contribution is 6.05. The summed E-state index contributed by atoms with van der Waals surface area (Å²) in [6, 6.07) is 18.1. The highest BCUT2D eigenvalue weighted by Crippen LogP contribution is 2.39. The van der Waals surface area contributed by atoms with Gasteiger partial charge in [0.25, 0.3) is 11.8 Å². The minimum atomic E-state index is -0.443. The van der Waals surface area contributed by atoms with Crippen LogP contribution in [0.25, 0.3) is 6.08 Å². The lowest BCUT2D eigenvalue weighted by atomic mass is 9.89. The molecule has 1 atom stereocenters. The number of hydrogen-bond acceptors (Lipinski definition) is 4. The smallest absolute Gasteiger partial charge is 0.268 e. The van der Waals surface area contributed by atoms with Gasteiger partial charge in [0, 0.05) is 23.6 Å². The van der Waals surface area contributed by atoms with Crippen molar-refractivity contribution in [3.63, 3.8) is 0 Å². The summed E-state index contributed by atoms with van der Waals surface area (Å²) in [7, 11) is 0. The van der Waals surface area contributed by atoms with E-state index in [2.05, 4.69) is 10.6 Å². The van der Waals surface area contributed by atoms with Crippen LogP contribution in [0.3, 0.4) is 0 Å². The van der Waals surface area contributed by atoms with E-state index >= 15 is 0 Å². The maximum Gasteiger partial charge on any atom is 0.268 e. The fraction of sp³-hybridized carbons (Fsp3) is 0.231. The predicted octanol–water partition coefficient (Wildman–Crippen LogP) is 4.78. The SMILES string of the molecule is Cc1ccccc1C(=O)N/C(=C\c1ccco1)C(=O)NC1CC(C)(C)Oc2ccccc21. The zero-order valence-corrected chi connectivity index (χ0v) is 18.3. The number of fused-ring (bicyclic) bond motifs is 1. The molecule has 3 aromatic rings. The van der Waals surface area contributed by atoms with Crippen LogP contribution in [-0.4, -0.2) is 17.4 Å². The molecule has 32 heavy (non-hydrogen) atoms. The van der Waals surface area contributed by atoms with Crippen LogP contribution in [0.5, 0.6) is 5.75 Å². The first-order valence-electron chi connectivity index (χ1n) is 10.5. The summed E-state index contributed by atoms with van der Waals surface area (Å²) >= 11 is 0. The molecule has 0 aliphatic carbocycles. The van der Waals surface area contributed by atoms with E-state index in [9.17, 15) is 9.59 Å². The molecule has 6 heteroatoms. The molecule has 0 bridgehead atoms. The van der Waals surface area contributed by atoms with Crippen molar-refractivity contribution in [1.29, 1.82) is 0 Å². The standard InChI is InChI=1S/C26H26N2O4/c1-17-9-4-5-11-19(17)24(29)27-21(15-18-10-8-14-31-18)25(30)28-22-16-26(2,3)32-23-13-7-6-12-20(22)23/h4-15,22H,16H2,1-3H3,(H,27,29)(H,28,30)/b21-15-. The van der Waals surface area contributed by atoms with E-state index < -0.39 is 11.5 Å². The predicted molar refractivity (Wildman–Crippen MR) is 122 cm³/mol. The van der Waals surface area contributed by atoms with E-state index in [1.807, 2.05) is 57.2 Å². The number of ether oxygens (including phenoxy) is 1. The van der Waals surface area contributed by atoms with Crippen molar-refractivity contribution >= 4 is 17.9 Å². The first-order chi connectivity index (χ1) is 15.3. The second-order valence-corrected chi connectivity index (χ2v) is 8.47. The van der Waals surface area contributed by atoms with E-state index in [0.29, 0.717) is 17.7 Å². The highest BCUT2D eigenvalue weighted by Gasteiger charge is 2.35. The molecule has 2 heterocycles. The Morgan fingerprint density at radius 1 is 1.03 bits per heavy atom. The third-order valence-corrected chi connectivity index (χ3v) is 5.39. The minimum Gasteiger partial charge on any atom is -0.487 e. The lowest BCUT2D eigenvalue weighted by Crippen LogP contribution is -2.43. The van der Waals surface area contributed by atoms with Gasteiger partial charge in [0.15, 0.2) is 0 Å². The maximum absolute atomic E-state index is 13.3. The largest absolute Gasteiger partial charge is 0.487 e. The highest BCUT2D eigenvalue weighted by atomic mass is 16.5. The number of benzene rings is 2. The van der Waals surface area contributed by atoms with Gasteiger partial charge in [0.05, 0.1) is 12.3 Å². The van der Waals surface area contributed by atoms with Gasteiger partial charge in [-0.1, -0.05) is 36.4 Å². The third kappa shape index (κ3) is 4.75. The molecule has 4 rings (SSSR count). The van der Waals surface area contributed by atoms with Crippen LogP contribution in [0.2, 0.25) is 0 Å². The van der Waals surface area contributed by atoms with Crippen LogP contribution in [-0.2, 0) is 4.79 Å². The van der Waals surface area contributed by atoms with Crippen molar-refractivity contribution < 1.29 is 18.7 Å². The van der Waals surface area contributed by atoms with Crippen molar-refractivity contribution in [3.8, 4) is 5.75 Å². The van der Waals surface area contributed by atoms with Gasteiger partial charge < -0.3 is 19.8 Å². The van der Waals surface area contributed by atoms with Crippen molar-refractivity contribution in [1.82, 2.24) is 10.6 Å². The van der Waals surface area contributed by atoms with Crippen LogP contribution < -0.4 is 15.4 Å². The number of furan rings is 1. The molecule has 1 aliphatic rings. The number of hydrogen-bond donors (Lipinski definition) is 2. The second-order valence-electron chi connectivity index (χ2n) is 8.47. The Morgan fingerprint density at radius 3 is 2.53 bits per heavy atom. The van der Waals surface area contributed by atoms with Gasteiger partial charge in [-0.05, 0) is 50.6 Å². The van der Waals surface area contributed by atoms with Gasteiger partial charge in [0.2, 0.25) is 0 Å². The number of aryl methyl sites for hydroxylation is 1. The van der Waals surface area contributed by atoms with Gasteiger partial charge in [-0.15, -0.1) is 0 Å². The molecule has 2 N–H and O–H groups in total. The van der Waals surface area contributed by atoms with Crippen molar-refractivity contribution in [2.45, 2.75) is 38.8 Å². The molecule has 0 spiro atoms. The zero-order valence-electron chi connectivity index (χ0n) is 18.3. The van der Waals surface area contributed by atoms with Crippen molar-refractivity contribution in [2.75, 3.05) is 0 Å². The van der Waals surface area contributed by atoms with Crippen LogP contribution in [0.1, 0.15) is 53.6 Å². The number of rotatable bonds is 5. The van der Waals surface area contributed by atoms with Crippen LogP contribution in [0, 0.1) is 6.92 Å². The molecule has 2 amide bonds. The Labute approximate surface area is 187 Å². The van der Waals surface area contributed by atoms with Crippen LogP contribution in [0.15, 0.2) is 77.0 Å². The zero-order chi connectivity index (χ0) is 22.7. The first-order valence-corrected chi connectivity index (χ1v) is 10.5. The average Bonchev–Trinajstić information content (AvgIpc) is 3.26. The number of carbonyl (C=O) groups is 2. The monoisotopic (exact) mass is 430 g/mol. The van der Waals surface area contributed by atoms with E-state index in [1.54, 1.807) is 24.3 Å². The van der Waals surface area contributed by atoms with Gasteiger partial charge in [-0.2, -0.15) is 0 Å². The van der Waals surface area contributed by atoms with E-state index in [1.165, 1.54) is 12.3 Å². The van der Waals surface area contributed by atoms with Gasteiger partial charge in [0.1, 0.15) is 22.8 Å². The molecule has 0 saturated carbocycles. The summed E-state index contributed by atoms with van der Waals surface area (Å²) in [5.41, 5.74) is 1.89. The van der Waals surface area contributed by atoms with Gasteiger partial charge in [-0.3, -0.25) is 9.59 Å². The summed E-state index contributed by atoms with van der Waals surface area (Å²) in [5, 5.41) is 5.84. The summed E-state index contributed by atoms with van der Waals surface area (Å²) in [6.45, 7) is 5.83. The van der Waals surface area contributed by atoms with Gasteiger partial charge in [-0.25, -0.2) is 0 Å². The molecule has 0 saturated heterocycles. The molecule has 164 valence electrons. The Kier molecular flexibility index (Phi) is 5.86. The number of amides is 2. The van der Waals surface area contributed by atoms with Crippen molar-refractivity contribution in [3.05, 3.63) is 95.1 Å². The molecule has 6 nitrogen and oxygen atoms in total. The van der Waals surface area contributed by atoms with E-state index in [0.717, 1.165) is 16.9 Å². The topological polar surface area (TPSA) is 80.6 Å². The summed E-state index contributed by atoms with van der Waals surface area (Å²) in [5.74, 6) is 0.451. The second kappa shape index (κ2) is 8.75. The molecule has 1 aliphatic heterocycles. The van der Waals surface area contributed by atoms with E-state index in [4.69, 9.17) is 9.15 Å². The average molecular weight is 431 g/mol. The molecule has 1 aromatic heterocycles. The van der Waals surface area contributed by atoms with Crippen LogP contribution in [0.4, 0.5) is 0 Å². The normalized spacial score (nSPS) is 17.1. The lowest BCUT2D eigenvalue weighted by Gasteiger charge is -2.38.